The number of hydrogen-bond acceptors (Lipinski definition) is 2. The van der Waals surface area contributed by atoms with Gasteiger partial charge in [0, 0.05) is 16.7 Å². The number of carbonyl (C=O) groups excluding carboxylic acids is 1. The van der Waals surface area contributed by atoms with Crippen molar-refractivity contribution < 1.29 is 9.18 Å². The number of amides is 1. The van der Waals surface area contributed by atoms with Crippen LogP contribution in [0.4, 0.5) is 10.1 Å². The molecular formula is C16H14BrFN2O. The number of halogens is 2. The van der Waals surface area contributed by atoms with Gasteiger partial charge in [-0.15, -0.1) is 0 Å². The number of nitrogens with one attached hydrogen (secondary N) is 2. The normalized spacial score (nSPS) is 13.6. The second-order valence-corrected chi connectivity index (χ2v) is 5.80. The fourth-order valence-electron chi connectivity index (χ4n) is 2.51. The summed E-state index contributed by atoms with van der Waals surface area (Å²) in [6.07, 6.45) is 0.871. The zero-order valence-electron chi connectivity index (χ0n) is 11.2. The van der Waals surface area contributed by atoms with Crippen molar-refractivity contribution in [1.29, 1.82) is 0 Å². The Hall–Kier alpha value is -1.72. The van der Waals surface area contributed by atoms with E-state index >= 15 is 0 Å². The summed E-state index contributed by atoms with van der Waals surface area (Å²) in [4.78, 5) is 12.3. The number of hydrogen-bond donors (Lipinski definition) is 2. The molecule has 1 aliphatic rings. The SMILES string of the molecule is O=C(Nc1cccc2c1CCNC2)c1cc(F)ccc1Br. The molecule has 3 rings (SSSR count). The molecule has 0 saturated carbocycles. The third-order valence-corrected chi connectivity index (χ3v) is 4.25. The number of fused-ring (bicyclic) bond motifs is 1. The van der Waals surface area contributed by atoms with Crippen LogP contribution in [0.5, 0.6) is 0 Å². The number of benzene rings is 2. The molecule has 3 nitrogen and oxygen atoms in total. The summed E-state index contributed by atoms with van der Waals surface area (Å²) < 4.78 is 13.9. The second kappa shape index (κ2) is 5.95. The summed E-state index contributed by atoms with van der Waals surface area (Å²) in [5, 5.41) is 6.19. The van der Waals surface area contributed by atoms with E-state index in [0.717, 1.165) is 30.8 Å². The maximum Gasteiger partial charge on any atom is 0.256 e. The van der Waals surface area contributed by atoms with Crippen LogP contribution < -0.4 is 10.6 Å². The average molecular weight is 349 g/mol. The summed E-state index contributed by atoms with van der Waals surface area (Å²) in [7, 11) is 0. The van der Waals surface area contributed by atoms with Gasteiger partial charge in [0.2, 0.25) is 0 Å². The van der Waals surface area contributed by atoms with Crippen molar-refractivity contribution in [3.63, 3.8) is 0 Å². The van der Waals surface area contributed by atoms with Crippen LogP contribution in [-0.4, -0.2) is 12.5 Å². The van der Waals surface area contributed by atoms with Crippen LogP contribution in [0.2, 0.25) is 0 Å². The van der Waals surface area contributed by atoms with Gasteiger partial charge in [0.1, 0.15) is 5.82 Å². The molecular weight excluding hydrogens is 335 g/mol. The fraction of sp³-hybridized carbons (Fsp3) is 0.188. The van der Waals surface area contributed by atoms with E-state index in [1.807, 2.05) is 12.1 Å². The Balaban J connectivity index is 1.90. The fourth-order valence-corrected chi connectivity index (χ4v) is 2.94. The van der Waals surface area contributed by atoms with Crippen LogP contribution in [0.25, 0.3) is 0 Å². The first kappa shape index (κ1) is 14.2. The van der Waals surface area contributed by atoms with E-state index in [0.29, 0.717) is 10.0 Å². The highest BCUT2D eigenvalue weighted by atomic mass is 79.9. The lowest BCUT2D eigenvalue weighted by atomic mass is 9.99. The molecule has 0 radical (unpaired) electrons. The van der Waals surface area contributed by atoms with Gasteiger partial charge in [-0.3, -0.25) is 4.79 Å². The minimum Gasteiger partial charge on any atom is -0.322 e. The Bertz CT molecular complexity index is 703. The van der Waals surface area contributed by atoms with Gasteiger partial charge in [0.25, 0.3) is 5.91 Å². The molecule has 0 aromatic heterocycles. The molecule has 1 aliphatic heterocycles. The molecule has 0 atom stereocenters. The quantitative estimate of drug-likeness (QED) is 0.872. The highest BCUT2D eigenvalue weighted by molar-refractivity contribution is 9.10. The van der Waals surface area contributed by atoms with Crippen molar-refractivity contribution in [2.75, 3.05) is 11.9 Å². The highest BCUT2D eigenvalue weighted by Crippen LogP contribution is 2.25. The average Bonchev–Trinajstić information content (AvgIpc) is 2.50. The third kappa shape index (κ3) is 2.99. The van der Waals surface area contributed by atoms with Crippen molar-refractivity contribution in [3.05, 3.63) is 63.4 Å². The van der Waals surface area contributed by atoms with Gasteiger partial charge < -0.3 is 10.6 Å². The first-order chi connectivity index (χ1) is 10.1. The molecule has 0 bridgehead atoms. The van der Waals surface area contributed by atoms with Gasteiger partial charge >= 0.3 is 0 Å². The molecule has 5 heteroatoms. The molecule has 2 N–H and O–H groups in total. The molecule has 0 fully saturated rings. The van der Waals surface area contributed by atoms with Crippen LogP contribution in [0, 0.1) is 5.82 Å². The second-order valence-electron chi connectivity index (χ2n) is 4.95. The van der Waals surface area contributed by atoms with Crippen LogP contribution in [-0.2, 0) is 13.0 Å². The smallest absolute Gasteiger partial charge is 0.256 e. The van der Waals surface area contributed by atoms with E-state index in [4.69, 9.17) is 0 Å². The highest BCUT2D eigenvalue weighted by Gasteiger charge is 2.16. The minimum absolute atomic E-state index is 0.293. The van der Waals surface area contributed by atoms with E-state index in [1.165, 1.54) is 23.8 Å². The predicted molar refractivity (Wildman–Crippen MR) is 83.9 cm³/mol. The summed E-state index contributed by atoms with van der Waals surface area (Å²) in [6.45, 7) is 1.70. The molecule has 1 amide bonds. The number of anilines is 1. The third-order valence-electron chi connectivity index (χ3n) is 3.56. The van der Waals surface area contributed by atoms with Crippen LogP contribution in [0.1, 0.15) is 21.5 Å². The van der Waals surface area contributed by atoms with Crippen LogP contribution in [0.15, 0.2) is 40.9 Å². The molecule has 0 aliphatic carbocycles. The standard InChI is InChI=1S/C16H14BrFN2O/c17-14-5-4-11(18)8-13(14)16(21)20-15-3-1-2-10-9-19-7-6-12(10)15/h1-5,8,19H,6-7,9H2,(H,20,21). The first-order valence-electron chi connectivity index (χ1n) is 6.73. The van der Waals surface area contributed by atoms with Gasteiger partial charge in [-0.05, 0) is 64.3 Å². The van der Waals surface area contributed by atoms with Gasteiger partial charge in [0.05, 0.1) is 5.56 Å². The zero-order valence-corrected chi connectivity index (χ0v) is 12.8. The molecule has 0 spiro atoms. The van der Waals surface area contributed by atoms with Crippen molar-refractivity contribution in [2.24, 2.45) is 0 Å². The molecule has 2 aromatic carbocycles. The summed E-state index contributed by atoms with van der Waals surface area (Å²) in [6, 6.07) is 9.94. The molecule has 21 heavy (non-hydrogen) atoms. The molecule has 0 unspecified atom stereocenters. The Kier molecular flexibility index (Phi) is 4.03. The Labute approximate surface area is 130 Å². The van der Waals surface area contributed by atoms with Crippen molar-refractivity contribution in [2.45, 2.75) is 13.0 Å². The predicted octanol–water partition coefficient (Wildman–Crippen LogP) is 3.49. The van der Waals surface area contributed by atoms with E-state index in [9.17, 15) is 9.18 Å². The summed E-state index contributed by atoms with van der Waals surface area (Å²) in [5.41, 5.74) is 3.44. The van der Waals surface area contributed by atoms with Crippen LogP contribution in [0.3, 0.4) is 0 Å². The summed E-state index contributed by atoms with van der Waals surface area (Å²) in [5.74, 6) is -0.740. The largest absolute Gasteiger partial charge is 0.322 e. The molecule has 1 heterocycles. The number of carbonyl (C=O) groups is 1. The Morgan fingerprint density at radius 2 is 2.14 bits per heavy atom. The molecule has 108 valence electrons. The van der Waals surface area contributed by atoms with Crippen molar-refractivity contribution in [3.8, 4) is 0 Å². The van der Waals surface area contributed by atoms with E-state index < -0.39 is 5.82 Å². The lowest BCUT2D eigenvalue weighted by molar-refractivity contribution is 0.102. The number of rotatable bonds is 2. The topological polar surface area (TPSA) is 41.1 Å². The van der Waals surface area contributed by atoms with Gasteiger partial charge in [0.15, 0.2) is 0 Å². The van der Waals surface area contributed by atoms with Gasteiger partial charge in [-0.2, -0.15) is 0 Å². The first-order valence-corrected chi connectivity index (χ1v) is 7.52. The van der Waals surface area contributed by atoms with Crippen molar-refractivity contribution in [1.82, 2.24) is 5.32 Å². The zero-order chi connectivity index (χ0) is 14.8. The van der Waals surface area contributed by atoms with Crippen molar-refractivity contribution >= 4 is 27.5 Å². The maximum absolute atomic E-state index is 13.3. The lowest BCUT2D eigenvalue weighted by Gasteiger charge is -2.20. The van der Waals surface area contributed by atoms with E-state index in [2.05, 4.69) is 32.6 Å². The van der Waals surface area contributed by atoms with Crippen LogP contribution >= 0.6 is 15.9 Å². The monoisotopic (exact) mass is 348 g/mol. The maximum atomic E-state index is 13.3. The summed E-state index contributed by atoms with van der Waals surface area (Å²) >= 11 is 3.28. The van der Waals surface area contributed by atoms with E-state index in [1.54, 1.807) is 0 Å². The lowest BCUT2D eigenvalue weighted by Crippen LogP contribution is -2.25. The molecule has 0 saturated heterocycles. The van der Waals surface area contributed by atoms with E-state index in [-0.39, 0.29) is 5.91 Å². The Morgan fingerprint density at radius 1 is 1.29 bits per heavy atom. The van der Waals surface area contributed by atoms with Gasteiger partial charge in [-0.1, -0.05) is 12.1 Å². The van der Waals surface area contributed by atoms with Gasteiger partial charge in [-0.25, -0.2) is 4.39 Å². The Morgan fingerprint density at radius 3 is 3.00 bits per heavy atom. The minimum atomic E-state index is -0.428. The molecule has 2 aromatic rings.